The molecule has 0 fully saturated rings. The zero-order valence-corrected chi connectivity index (χ0v) is 12.9. The first-order valence-corrected chi connectivity index (χ1v) is 7.53. The monoisotopic (exact) mass is 311 g/mol. The van der Waals surface area contributed by atoms with Gasteiger partial charge >= 0.3 is 0 Å². The standard InChI is InChI=1S/C18H17NO4/c1-18(2)15(22)7-13-16-12(5-9(8-20)17(13)23-18)11-4-3-10(21)6-14(11)19-16/h3-6,8,15,19,21-22H,7H2,1-2H3/t15-/m1/s1. The SMILES string of the molecule is CC1(C)Oc2c(C=O)cc3c([nH]c4cc(O)ccc43)c2C[C@H]1O. The van der Waals surface area contributed by atoms with Gasteiger partial charge in [0.25, 0.3) is 0 Å². The smallest absolute Gasteiger partial charge is 0.153 e. The van der Waals surface area contributed by atoms with Gasteiger partial charge in [-0.2, -0.15) is 0 Å². The highest BCUT2D eigenvalue weighted by Gasteiger charge is 2.38. The molecule has 5 heteroatoms. The van der Waals surface area contributed by atoms with Crippen molar-refractivity contribution in [3.63, 3.8) is 0 Å². The van der Waals surface area contributed by atoms with Crippen LogP contribution < -0.4 is 4.74 Å². The lowest BCUT2D eigenvalue weighted by Gasteiger charge is -2.37. The predicted molar refractivity (Wildman–Crippen MR) is 87.3 cm³/mol. The second kappa shape index (κ2) is 4.49. The minimum Gasteiger partial charge on any atom is -0.508 e. The van der Waals surface area contributed by atoms with E-state index in [9.17, 15) is 15.0 Å². The molecule has 1 aromatic heterocycles. The van der Waals surface area contributed by atoms with E-state index < -0.39 is 11.7 Å². The lowest BCUT2D eigenvalue weighted by Crippen LogP contribution is -2.46. The van der Waals surface area contributed by atoms with E-state index >= 15 is 0 Å². The van der Waals surface area contributed by atoms with Gasteiger partial charge in [-0.25, -0.2) is 0 Å². The molecule has 0 spiro atoms. The Bertz CT molecular complexity index is 955. The highest BCUT2D eigenvalue weighted by molar-refractivity contribution is 6.11. The summed E-state index contributed by atoms with van der Waals surface area (Å²) >= 11 is 0. The third-order valence-corrected chi connectivity index (χ3v) is 4.65. The molecule has 0 radical (unpaired) electrons. The first-order valence-electron chi connectivity index (χ1n) is 7.53. The molecule has 3 N–H and O–H groups in total. The van der Waals surface area contributed by atoms with Gasteiger partial charge in [-0.1, -0.05) is 0 Å². The Morgan fingerprint density at radius 2 is 2.09 bits per heavy atom. The van der Waals surface area contributed by atoms with Crippen LogP contribution >= 0.6 is 0 Å². The topological polar surface area (TPSA) is 82.6 Å². The molecule has 1 atom stereocenters. The Balaban J connectivity index is 2.10. The summed E-state index contributed by atoms with van der Waals surface area (Å²) in [5.41, 5.74) is 2.14. The number of nitrogens with one attached hydrogen (secondary N) is 1. The van der Waals surface area contributed by atoms with E-state index in [2.05, 4.69) is 4.98 Å². The van der Waals surface area contributed by atoms with Crippen LogP contribution in [0.25, 0.3) is 21.8 Å². The van der Waals surface area contributed by atoms with Crippen LogP contribution in [0.1, 0.15) is 29.8 Å². The van der Waals surface area contributed by atoms with E-state index in [0.29, 0.717) is 17.7 Å². The van der Waals surface area contributed by atoms with E-state index in [1.807, 2.05) is 19.9 Å². The summed E-state index contributed by atoms with van der Waals surface area (Å²) in [6, 6.07) is 6.87. The largest absolute Gasteiger partial charge is 0.508 e. The van der Waals surface area contributed by atoms with Crippen molar-refractivity contribution >= 4 is 28.1 Å². The van der Waals surface area contributed by atoms with Gasteiger partial charge in [-0.3, -0.25) is 4.79 Å². The maximum atomic E-state index is 11.5. The molecule has 23 heavy (non-hydrogen) atoms. The molecule has 1 aliphatic heterocycles. The predicted octanol–water partition coefficient (Wildman–Crippen LogP) is 2.91. The quantitative estimate of drug-likeness (QED) is 0.603. The van der Waals surface area contributed by atoms with Crippen LogP contribution in [0.15, 0.2) is 24.3 Å². The molecule has 2 heterocycles. The number of fused-ring (bicyclic) bond motifs is 5. The number of carbonyl (C=O) groups is 1. The van der Waals surface area contributed by atoms with Crippen molar-refractivity contribution in [3.8, 4) is 11.5 Å². The lowest BCUT2D eigenvalue weighted by atomic mass is 9.88. The number of aliphatic hydroxyl groups is 1. The lowest BCUT2D eigenvalue weighted by molar-refractivity contribution is -0.0409. The Labute approximate surface area is 132 Å². The fourth-order valence-electron chi connectivity index (χ4n) is 3.28. The summed E-state index contributed by atoms with van der Waals surface area (Å²) in [7, 11) is 0. The molecule has 4 rings (SSSR count). The number of benzene rings is 2. The van der Waals surface area contributed by atoms with Crippen LogP contribution in [0.3, 0.4) is 0 Å². The van der Waals surface area contributed by atoms with Gasteiger partial charge in [0.1, 0.15) is 17.1 Å². The summed E-state index contributed by atoms with van der Waals surface area (Å²) in [6.07, 6.45) is 0.518. The van der Waals surface area contributed by atoms with E-state index in [4.69, 9.17) is 4.74 Å². The Morgan fingerprint density at radius 3 is 2.83 bits per heavy atom. The summed E-state index contributed by atoms with van der Waals surface area (Å²) in [4.78, 5) is 14.8. The maximum absolute atomic E-state index is 11.5. The van der Waals surface area contributed by atoms with Gasteiger partial charge in [-0.15, -0.1) is 0 Å². The Kier molecular flexibility index (Phi) is 2.75. The molecule has 0 bridgehead atoms. The van der Waals surface area contributed by atoms with Gasteiger partial charge in [0.05, 0.1) is 22.7 Å². The van der Waals surface area contributed by atoms with Gasteiger partial charge < -0.3 is 19.9 Å². The number of phenols is 1. The minimum atomic E-state index is -0.747. The summed E-state index contributed by atoms with van der Waals surface area (Å²) in [5.74, 6) is 0.699. The van der Waals surface area contributed by atoms with Crippen LogP contribution in [0.5, 0.6) is 11.5 Å². The molecule has 0 saturated carbocycles. The molecule has 0 aliphatic carbocycles. The number of aromatic amines is 1. The molecule has 1 aliphatic rings. The second-order valence-electron chi connectivity index (χ2n) is 6.59. The maximum Gasteiger partial charge on any atom is 0.153 e. The second-order valence-corrected chi connectivity index (χ2v) is 6.59. The summed E-state index contributed by atoms with van der Waals surface area (Å²) < 4.78 is 5.93. The van der Waals surface area contributed by atoms with E-state index in [1.165, 1.54) is 0 Å². The fraction of sp³-hybridized carbons (Fsp3) is 0.278. The molecular formula is C18H17NO4. The van der Waals surface area contributed by atoms with E-state index in [-0.39, 0.29) is 5.75 Å². The number of aromatic nitrogens is 1. The normalized spacial score (nSPS) is 19.5. The number of aromatic hydroxyl groups is 1. The van der Waals surface area contributed by atoms with Crippen LogP contribution in [0, 0.1) is 0 Å². The highest BCUT2D eigenvalue weighted by Crippen LogP contribution is 2.42. The zero-order chi connectivity index (χ0) is 16.4. The average Bonchev–Trinajstić information content (AvgIpc) is 2.85. The highest BCUT2D eigenvalue weighted by atomic mass is 16.5. The number of hydrogen-bond acceptors (Lipinski definition) is 4. The molecule has 0 amide bonds. The molecule has 2 aromatic carbocycles. The van der Waals surface area contributed by atoms with Gasteiger partial charge in [-0.05, 0) is 32.0 Å². The van der Waals surface area contributed by atoms with Crippen LogP contribution in [0.4, 0.5) is 0 Å². The first-order chi connectivity index (χ1) is 10.9. The fourth-order valence-corrected chi connectivity index (χ4v) is 3.28. The third kappa shape index (κ3) is 1.93. The zero-order valence-electron chi connectivity index (χ0n) is 12.9. The van der Waals surface area contributed by atoms with Crippen molar-refractivity contribution in [2.75, 3.05) is 0 Å². The molecular weight excluding hydrogens is 294 g/mol. The Morgan fingerprint density at radius 1 is 1.30 bits per heavy atom. The number of aliphatic hydroxyl groups excluding tert-OH is 1. The number of carbonyl (C=O) groups excluding carboxylic acids is 1. The number of phenolic OH excluding ortho intramolecular Hbond substituents is 1. The van der Waals surface area contributed by atoms with Crippen LogP contribution in [-0.4, -0.2) is 33.2 Å². The van der Waals surface area contributed by atoms with Crippen LogP contribution in [-0.2, 0) is 6.42 Å². The van der Waals surface area contributed by atoms with Crippen molar-refractivity contribution in [2.45, 2.75) is 32.0 Å². The van der Waals surface area contributed by atoms with Crippen LogP contribution in [0.2, 0.25) is 0 Å². The molecule has 5 nitrogen and oxygen atoms in total. The average molecular weight is 311 g/mol. The third-order valence-electron chi connectivity index (χ3n) is 4.65. The van der Waals surface area contributed by atoms with E-state index in [0.717, 1.165) is 33.7 Å². The molecule has 3 aromatic rings. The number of rotatable bonds is 1. The van der Waals surface area contributed by atoms with Crippen molar-refractivity contribution < 1.29 is 19.7 Å². The summed E-state index contributed by atoms with van der Waals surface area (Å²) in [6.45, 7) is 3.62. The number of aldehydes is 1. The molecule has 0 saturated heterocycles. The van der Waals surface area contributed by atoms with Crippen molar-refractivity contribution in [2.24, 2.45) is 0 Å². The number of H-pyrrole nitrogens is 1. The number of ether oxygens (including phenoxy) is 1. The Hall–Kier alpha value is -2.53. The van der Waals surface area contributed by atoms with Gasteiger partial charge in [0.2, 0.25) is 0 Å². The molecule has 118 valence electrons. The van der Waals surface area contributed by atoms with Gasteiger partial charge in [0.15, 0.2) is 6.29 Å². The first kappa shape index (κ1) is 14.1. The van der Waals surface area contributed by atoms with Gasteiger partial charge in [0, 0.05) is 28.8 Å². The van der Waals surface area contributed by atoms with Crippen molar-refractivity contribution in [1.29, 1.82) is 0 Å². The van der Waals surface area contributed by atoms with E-state index in [1.54, 1.807) is 18.2 Å². The summed E-state index contributed by atoms with van der Waals surface area (Å²) in [5, 5.41) is 21.8. The van der Waals surface area contributed by atoms with Crippen molar-refractivity contribution in [1.82, 2.24) is 4.98 Å². The number of hydrogen-bond donors (Lipinski definition) is 3. The van der Waals surface area contributed by atoms with Crippen molar-refractivity contribution in [3.05, 3.63) is 35.4 Å². The minimum absolute atomic E-state index is 0.172. The molecule has 0 unspecified atom stereocenters.